The molecule has 1 atom stereocenters. The Kier molecular flexibility index (Phi) is 3.36. The van der Waals surface area contributed by atoms with Crippen molar-refractivity contribution < 1.29 is 4.70 Å². The van der Waals surface area contributed by atoms with Gasteiger partial charge in [-0.05, 0) is 54.0 Å². The summed E-state index contributed by atoms with van der Waals surface area (Å²) in [6.45, 7) is 2.11. The first kappa shape index (κ1) is 13.0. The van der Waals surface area contributed by atoms with Crippen LogP contribution in [0, 0.1) is 0 Å². The highest BCUT2D eigenvalue weighted by molar-refractivity contribution is 6.30. The fraction of sp³-hybridized carbons (Fsp3) is 0.188. The van der Waals surface area contributed by atoms with Gasteiger partial charge in [-0.2, -0.15) is 0 Å². The fourth-order valence-electron chi connectivity index (χ4n) is 2.61. The molecule has 1 aliphatic rings. The van der Waals surface area contributed by atoms with E-state index in [0.29, 0.717) is 0 Å². The second kappa shape index (κ2) is 5.17. The van der Waals surface area contributed by atoms with E-state index in [-0.39, 0.29) is 6.04 Å². The normalized spacial score (nSPS) is 18.4. The molecule has 1 aromatic heterocycles. The summed E-state index contributed by atoms with van der Waals surface area (Å²) < 4.78 is 1.95. The van der Waals surface area contributed by atoms with Gasteiger partial charge in [-0.25, -0.2) is 0 Å². The lowest BCUT2D eigenvalue weighted by atomic mass is 9.96. The van der Waals surface area contributed by atoms with E-state index in [1.807, 2.05) is 60.5 Å². The Labute approximate surface area is 123 Å². The van der Waals surface area contributed by atoms with E-state index < -0.39 is 0 Å². The van der Waals surface area contributed by atoms with Crippen LogP contribution < -0.4 is 0 Å². The van der Waals surface area contributed by atoms with Crippen LogP contribution in [0.1, 0.15) is 18.1 Å². The molecule has 1 aromatic carbocycles. The molecule has 0 saturated heterocycles. The SMILES string of the molecule is CC1N=[N+](C)C(c2ccc(Cl)cc2)=C1c1ccncc1. The highest BCUT2D eigenvalue weighted by Crippen LogP contribution is 2.35. The van der Waals surface area contributed by atoms with E-state index >= 15 is 0 Å². The lowest BCUT2D eigenvalue weighted by Crippen LogP contribution is -2.01. The van der Waals surface area contributed by atoms with Crippen LogP contribution in [0.2, 0.25) is 5.02 Å². The summed E-state index contributed by atoms with van der Waals surface area (Å²) >= 11 is 5.98. The Morgan fingerprint density at radius 3 is 2.30 bits per heavy atom. The average molecular weight is 285 g/mol. The molecular formula is C16H15ClN3+. The van der Waals surface area contributed by atoms with Crippen molar-refractivity contribution in [2.75, 3.05) is 7.05 Å². The second-order valence-corrected chi connectivity index (χ2v) is 5.26. The first-order valence-corrected chi connectivity index (χ1v) is 6.89. The van der Waals surface area contributed by atoms with Crippen LogP contribution in [-0.4, -0.2) is 22.8 Å². The molecule has 4 heteroatoms. The smallest absolute Gasteiger partial charge is 0.244 e. The molecule has 0 N–H and O–H groups in total. The number of hydrogen-bond acceptors (Lipinski definition) is 2. The van der Waals surface area contributed by atoms with Gasteiger partial charge < -0.3 is 0 Å². The Balaban J connectivity index is 2.18. The first-order valence-electron chi connectivity index (χ1n) is 6.52. The quantitative estimate of drug-likeness (QED) is 0.763. The van der Waals surface area contributed by atoms with Crippen molar-refractivity contribution in [2.45, 2.75) is 13.0 Å². The van der Waals surface area contributed by atoms with Crippen LogP contribution in [0.25, 0.3) is 11.3 Å². The van der Waals surface area contributed by atoms with Gasteiger partial charge in [0.15, 0.2) is 7.05 Å². The maximum Gasteiger partial charge on any atom is 0.244 e. The third-order valence-electron chi connectivity index (χ3n) is 3.45. The van der Waals surface area contributed by atoms with Crippen LogP contribution in [-0.2, 0) is 0 Å². The number of benzene rings is 1. The van der Waals surface area contributed by atoms with Crippen LogP contribution >= 0.6 is 11.6 Å². The summed E-state index contributed by atoms with van der Waals surface area (Å²) in [5.74, 6) is 0. The van der Waals surface area contributed by atoms with Gasteiger partial charge in [0.25, 0.3) is 0 Å². The van der Waals surface area contributed by atoms with Crippen molar-refractivity contribution in [3.8, 4) is 0 Å². The predicted molar refractivity (Wildman–Crippen MR) is 80.6 cm³/mol. The average Bonchev–Trinajstić information content (AvgIpc) is 2.75. The number of azo groups is 2. The lowest BCUT2D eigenvalue weighted by Gasteiger charge is -2.05. The van der Waals surface area contributed by atoms with Crippen molar-refractivity contribution in [3.05, 3.63) is 64.9 Å². The molecule has 0 amide bonds. The highest BCUT2D eigenvalue weighted by Gasteiger charge is 2.32. The maximum absolute atomic E-state index is 5.98. The van der Waals surface area contributed by atoms with E-state index in [1.54, 1.807) is 0 Å². The molecule has 1 aliphatic heterocycles. The standard InChI is InChI=1S/C16H15ClN3/c1-11-15(12-7-9-18-10-8-12)16(20(2)19-11)13-3-5-14(17)6-4-13/h3-11H,1-2H3/q+1. The topological polar surface area (TPSA) is 28.3 Å². The zero-order valence-electron chi connectivity index (χ0n) is 11.4. The van der Waals surface area contributed by atoms with Gasteiger partial charge >= 0.3 is 0 Å². The predicted octanol–water partition coefficient (Wildman–Crippen LogP) is 4.10. The third kappa shape index (κ3) is 2.25. The summed E-state index contributed by atoms with van der Waals surface area (Å²) in [5.41, 5.74) is 4.62. The van der Waals surface area contributed by atoms with Crippen LogP contribution in [0.5, 0.6) is 0 Å². The largest absolute Gasteiger partial charge is 0.265 e. The molecule has 20 heavy (non-hydrogen) atoms. The number of rotatable bonds is 2. The van der Waals surface area contributed by atoms with Crippen LogP contribution in [0.3, 0.4) is 0 Å². The minimum Gasteiger partial charge on any atom is -0.265 e. The van der Waals surface area contributed by atoms with E-state index in [2.05, 4.69) is 17.0 Å². The molecule has 0 bridgehead atoms. The number of nitrogens with zero attached hydrogens (tertiary/aromatic N) is 3. The number of aromatic nitrogens is 1. The molecule has 1 unspecified atom stereocenters. The Morgan fingerprint density at radius 2 is 1.65 bits per heavy atom. The van der Waals surface area contributed by atoms with Gasteiger partial charge in [0.05, 0.1) is 5.57 Å². The Bertz CT molecular complexity index is 687. The van der Waals surface area contributed by atoms with Gasteiger partial charge in [0.1, 0.15) is 6.04 Å². The zero-order valence-corrected chi connectivity index (χ0v) is 12.2. The van der Waals surface area contributed by atoms with Crippen molar-refractivity contribution in [1.82, 2.24) is 4.98 Å². The monoisotopic (exact) mass is 284 g/mol. The van der Waals surface area contributed by atoms with Crippen molar-refractivity contribution >= 4 is 22.9 Å². The van der Waals surface area contributed by atoms with Gasteiger partial charge in [-0.15, -0.1) is 0 Å². The van der Waals surface area contributed by atoms with E-state index in [9.17, 15) is 0 Å². The molecule has 0 radical (unpaired) electrons. The molecular weight excluding hydrogens is 270 g/mol. The summed E-state index contributed by atoms with van der Waals surface area (Å²) in [5, 5.41) is 5.37. The number of halogens is 1. The van der Waals surface area contributed by atoms with E-state index in [0.717, 1.165) is 21.8 Å². The van der Waals surface area contributed by atoms with E-state index in [1.165, 1.54) is 5.57 Å². The van der Waals surface area contributed by atoms with Crippen LogP contribution in [0.4, 0.5) is 0 Å². The maximum atomic E-state index is 5.98. The molecule has 0 saturated carbocycles. The summed E-state index contributed by atoms with van der Waals surface area (Å²) in [6.07, 6.45) is 3.62. The summed E-state index contributed by atoms with van der Waals surface area (Å²) in [7, 11) is 1.98. The highest BCUT2D eigenvalue weighted by atomic mass is 35.5. The number of hydrogen-bond donors (Lipinski definition) is 0. The summed E-state index contributed by atoms with van der Waals surface area (Å²) in [6, 6.07) is 12.1. The van der Waals surface area contributed by atoms with Gasteiger partial charge in [0, 0.05) is 23.0 Å². The van der Waals surface area contributed by atoms with Gasteiger partial charge in [-0.1, -0.05) is 16.3 Å². The van der Waals surface area contributed by atoms with Crippen LogP contribution in [0.15, 0.2) is 53.9 Å². The molecule has 3 rings (SSSR count). The van der Waals surface area contributed by atoms with Crippen molar-refractivity contribution in [3.63, 3.8) is 0 Å². The minimum absolute atomic E-state index is 0.132. The molecule has 100 valence electrons. The van der Waals surface area contributed by atoms with Crippen molar-refractivity contribution in [2.24, 2.45) is 5.11 Å². The zero-order chi connectivity index (χ0) is 14.1. The number of pyridine rings is 1. The molecule has 0 spiro atoms. The first-order chi connectivity index (χ1) is 9.66. The molecule has 2 aromatic rings. The van der Waals surface area contributed by atoms with E-state index in [4.69, 9.17) is 11.6 Å². The Morgan fingerprint density at radius 1 is 1.00 bits per heavy atom. The molecule has 0 aliphatic carbocycles. The Hall–Kier alpha value is -2.00. The minimum atomic E-state index is 0.132. The van der Waals surface area contributed by atoms with Gasteiger partial charge in [-0.3, -0.25) is 4.98 Å². The lowest BCUT2D eigenvalue weighted by molar-refractivity contribution is -0.469. The second-order valence-electron chi connectivity index (χ2n) is 4.82. The van der Waals surface area contributed by atoms with Crippen molar-refractivity contribution in [1.29, 1.82) is 0 Å². The van der Waals surface area contributed by atoms with Gasteiger partial charge in [0.2, 0.25) is 5.70 Å². The molecule has 0 fully saturated rings. The fourth-order valence-corrected chi connectivity index (χ4v) is 2.73. The molecule has 2 heterocycles. The third-order valence-corrected chi connectivity index (χ3v) is 3.70. The summed E-state index contributed by atoms with van der Waals surface area (Å²) in [4.78, 5) is 4.09. The molecule has 3 nitrogen and oxygen atoms in total.